The summed E-state index contributed by atoms with van der Waals surface area (Å²) in [7, 11) is -3.42. The lowest BCUT2D eigenvalue weighted by molar-refractivity contribution is 0.446. The van der Waals surface area contributed by atoms with E-state index in [1.807, 2.05) is 31.2 Å². The summed E-state index contributed by atoms with van der Waals surface area (Å²) in [6.45, 7) is 3.54. The predicted molar refractivity (Wildman–Crippen MR) is 83.1 cm³/mol. The van der Waals surface area contributed by atoms with E-state index in [4.69, 9.17) is 4.42 Å². The highest BCUT2D eigenvalue weighted by Crippen LogP contribution is 2.41. The summed E-state index contributed by atoms with van der Waals surface area (Å²) in [6.07, 6.45) is 3.08. The van der Waals surface area contributed by atoms with Crippen LogP contribution in [-0.2, 0) is 22.7 Å². The molecule has 22 heavy (non-hydrogen) atoms. The number of fused-ring (bicyclic) bond motifs is 1. The lowest BCUT2D eigenvalue weighted by Crippen LogP contribution is -2.23. The van der Waals surface area contributed by atoms with Crippen molar-refractivity contribution < 1.29 is 12.8 Å². The van der Waals surface area contributed by atoms with Crippen molar-refractivity contribution in [1.82, 2.24) is 10.2 Å². The largest absolute Gasteiger partial charge is 0.424 e. The van der Waals surface area contributed by atoms with Crippen LogP contribution in [0.3, 0.4) is 0 Å². The minimum Gasteiger partial charge on any atom is -0.424 e. The first-order chi connectivity index (χ1) is 10.5. The van der Waals surface area contributed by atoms with Gasteiger partial charge < -0.3 is 4.42 Å². The summed E-state index contributed by atoms with van der Waals surface area (Å²) in [4.78, 5) is 0. The third kappa shape index (κ3) is 2.56. The smallest absolute Gasteiger partial charge is 0.234 e. The maximum atomic E-state index is 13.0. The van der Waals surface area contributed by atoms with Crippen molar-refractivity contribution in [3.63, 3.8) is 0 Å². The van der Waals surface area contributed by atoms with Crippen LogP contribution in [-0.4, -0.2) is 18.6 Å². The molecule has 6 heteroatoms. The number of hydrogen-bond acceptors (Lipinski definition) is 5. The van der Waals surface area contributed by atoms with Crippen LogP contribution in [0.25, 0.3) is 0 Å². The molecule has 1 aromatic carbocycles. The molecule has 0 radical (unpaired) electrons. The van der Waals surface area contributed by atoms with Crippen LogP contribution in [0.5, 0.6) is 0 Å². The Morgan fingerprint density at radius 1 is 1.32 bits per heavy atom. The van der Waals surface area contributed by atoms with Crippen molar-refractivity contribution in [2.45, 2.75) is 50.0 Å². The van der Waals surface area contributed by atoms with Gasteiger partial charge in [0.15, 0.2) is 9.84 Å². The van der Waals surface area contributed by atoms with E-state index in [0.29, 0.717) is 18.7 Å². The maximum absolute atomic E-state index is 13.0. The van der Waals surface area contributed by atoms with Gasteiger partial charge >= 0.3 is 0 Å². The fraction of sp³-hybridized carbons (Fsp3) is 0.500. The lowest BCUT2D eigenvalue weighted by atomic mass is 9.91. The molecule has 1 heterocycles. The molecular formula is C16H20N2O3S. The van der Waals surface area contributed by atoms with Crippen LogP contribution in [0, 0.1) is 0 Å². The summed E-state index contributed by atoms with van der Waals surface area (Å²) in [6, 6.07) is 7.81. The van der Waals surface area contributed by atoms with Crippen LogP contribution >= 0.6 is 0 Å². The second kappa shape index (κ2) is 5.83. The van der Waals surface area contributed by atoms with E-state index in [1.165, 1.54) is 0 Å². The van der Waals surface area contributed by atoms with Crippen molar-refractivity contribution in [2.75, 3.05) is 0 Å². The first-order valence-corrected chi connectivity index (χ1v) is 9.27. The third-order valence-electron chi connectivity index (χ3n) is 4.34. The standard InChI is InChI=1S/C16H20N2O3S/c1-3-15-17-18-16(21-15)11(2)22(19,20)14-10-6-8-12-7-4-5-9-13(12)14/h4-5,7,9,11,14H,3,6,8,10H2,1-2H3/t11-,14+/m1/s1. The molecule has 3 rings (SSSR count). The van der Waals surface area contributed by atoms with Gasteiger partial charge in [-0.3, -0.25) is 0 Å². The van der Waals surface area contributed by atoms with Gasteiger partial charge in [0.25, 0.3) is 0 Å². The van der Waals surface area contributed by atoms with E-state index < -0.39 is 20.3 Å². The number of aryl methyl sites for hydroxylation is 2. The number of benzene rings is 1. The van der Waals surface area contributed by atoms with Gasteiger partial charge in [-0.1, -0.05) is 31.2 Å². The van der Waals surface area contributed by atoms with Crippen LogP contribution in [0.2, 0.25) is 0 Å². The van der Waals surface area contributed by atoms with Crippen molar-refractivity contribution in [1.29, 1.82) is 0 Å². The average Bonchev–Trinajstić information content (AvgIpc) is 3.02. The molecule has 5 nitrogen and oxygen atoms in total. The Kier molecular flexibility index (Phi) is 4.04. The van der Waals surface area contributed by atoms with Crippen molar-refractivity contribution in [3.05, 3.63) is 47.2 Å². The molecule has 0 fully saturated rings. The normalized spacial score (nSPS) is 19.6. The zero-order valence-electron chi connectivity index (χ0n) is 12.8. The second-order valence-corrected chi connectivity index (χ2v) is 8.15. The van der Waals surface area contributed by atoms with Crippen molar-refractivity contribution in [2.24, 2.45) is 0 Å². The topological polar surface area (TPSA) is 73.1 Å². The van der Waals surface area contributed by atoms with Gasteiger partial charge in [-0.05, 0) is 37.3 Å². The van der Waals surface area contributed by atoms with Gasteiger partial charge in [-0.2, -0.15) is 0 Å². The number of hydrogen-bond donors (Lipinski definition) is 0. The number of rotatable bonds is 4. The van der Waals surface area contributed by atoms with Crippen LogP contribution < -0.4 is 0 Å². The summed E-state index contributed by atoms with van der Waals surface area (Å²) in [5.41, 5.74) is 2.06. The minimum atomic E-state index is -3.42. The minimum absolute atomic E-state index is 0.194. The molecule has 0 aliphatic heterocycles. The highest BCUT2D eigenvalue weighted by Gasteiger charge is 2.38. The van der Waals surface area contributed by atoms with Gasteiger partial charge in [-0.15, -0.1) is 10.2 Å². The van der Waals surface area contributed by atoms with E-state index in [1.54, 1.807) is 6.92 Å². The Bertz CT molecular complexity index is 767. The van der Waals surface area contributed by atoms with Crippen LogP contribution in [0.4, 0.5) is 0 Å². The van der Waals surface area contributed by atoms with Gasteiger partial charge in [0.1, 0.15) is 5.25 Å². The predicted octanol–water partition coefficient (Wildman–Crippen LogP) is 3.19. The van der Waals surface area contributed by atoms with Gasteiger partial charge in [0.2, 0.25) is 11.8 Å². The Balaban J connectivity index is 1.96. The van der Waals surface area contributed by atoms with E-state index in [0.717, 1.165) is 24.0 Å². The van der Waals surface area contributed by atoms with Crippen LogP contribution in [0.15, 0.2) is 28.7 Å². The van der Waals surface area contributed by atoms with Gasteiger partial charge in [-0.25, -0.2) is 8.42 Å². The average molecular weight is 320 g/mol. The fourth-order valence-corrected chi connectivity index (χ4v) is 4.96. The highest BCUT2D eigenvalue weighted by molar-refractivity contribution is 7.91. The first kappa shape index (κ1) is 15.2. The fourth-order valence-electron chi connectivity index (χ4n) is 3.01. The van der Waals surface area contributed by atoms with E-state index in [9.17, 15) is 8.42 Å². The summed E-state index contributed by atoms with van der Waals surface area (Å²) in [5.74, 6) is 0.668. The highest BCUT2D eigenvalue weighted by atomic mass is 32.2. The Morgan fingerprint density at radius 3 is 2.82 bits per heavy atom. The summed E-state index contributed by atoms with van der Waals surface area (Å²) >= 11 is 0. The zero-order chi connectivity index (χ0) is 15.7. The van der Waals surface area contributed by atoms with Crippen molar-refractivity contribution >= 4 is 9.84 Å². The molecule has 0 unspecified atom stereocenters. The molecule has 1 aliphatic carbocycles. The van der Waals surface area contributed by atoms with Gasteiger partial charge in [0, 0.05) is 6.42 Å². The number of aromatic nitrogens is 2. The molecule has 1 aromatic heterocycles. The van der Waals surface area contributed by atoms with E-state index in [2.05, 4.69) is 10.2 Å². The molecule has 0 saturated carbocycles. The molecule has 0 N–H and O–H groups in total. The Hall–Kier alpha value is -1.69. The lowest BCUT2D eigenvalue weighted by Gasteiger charge is -2.27. The summed E-state index contributed by atoms with van der Waals surface area (Å²) in [5, 5.41) is 6.52. The molecule has 2 atom stereocenters. The molecule has 0 amide bonds. The molecule has 0 spiro atoms. The monoisotopic (exact) mass is 320 g/mol. The molecule has 118 valence electrons. The molecule has 2 aromatic rings. The number of sulfone groups is 1. The summed E-state index contributed by atoms with van der Waals surface area (Å²) < 4.78 is 31.5. The third-order valence-corrected chi connectivity index (χ3v) is 6.81. The van der Waals surface area contributed by atoms with E-state index in [-0.39, 0.29) is 5.89 Å². The van der Waals surface area contributed by atoms with E-state index >= 15 is 0 Å². The SMILES string of the molecule is CCc1nnc([C@@H](C)S(=O)(=O)[C@H]2CCCc3ccccc32)o1. The second-order valence-electron chi connectivity index (χ2n) is 5.70. The molecule has 0 bridgehead atoms. The van der Waals surface area contributed by atoms with Crippen molar-refractivity contribution in [3.8, 4) is 0 Å². The Morgan fingerprint density at radius 2 is 2.09 bits per heavy atom. The number of nitrogens with zero attached hydrogens (tertiary/aromatic N) is 2. The first-order valence-electron chi connectivity index (χ1n) is 7.66. The molecule has 1 aliphatic rings. The zero-order valence-corrected chi connectivity index (χ0v) is 13.6. The molecule has 0 saturated heterocycles. The van der Waals surface area contributed by atoms with Gasteiger partial charge in [0.05, 0.1) is 5.25 Å². The molecular weight excluding hydrogens is 300 g/mol. The maximum Gasteiger partial charge on any atom is 0.234 e. The quantitative estimate of drug-likeness (QED) is 0.865. The van der Waals surface area contributed by atoms with Crippen LogP contribution in [0.1, 0.15) is 60.1 Å². The Labute approximate surface area is 130 Å².